The maximum Gasteiger partial charge on any atom is 0.176 e. The van der Waals surface area contributed by atoms with Crippen molar-refractivity contribution in [3.8, 4) is 0 Å². The van der Waals surface area contributed by atoms with E-state index >= 15 is 0 Å². The summed E-state index contributed by atoms with van der Waals surface area (Å²) >= 11 is 0. The van der Waals surface area contributed by atoms with E-state index in [1.165, 1.54) is 32.3 Å². The van der Waals surface area contributed by atoms with Gasteiger partial charge in [0.2, 0.25) is 0 Å². The topological polar surface area (TPSA) is 7.76 Å². The average molecular weight is 290 g/mol. The molecule has 0 aliphatic carbocycles. The maximum absolute atomic E-state index is 2.32. The molecule has 110 valence electrons. The number of aryl methyl sites for hydroxylation is 2. The first-order valence-electron chi connectivity index (χ1n) is 8.31. The Morgan fingerprint density at radius 3 is 1.18 bits per heavy atom. The van der Waals surface area contributed by atoms with Crippen LogP contribution in [0.1, 0.15) is 26.7 Å². The Hall–Kier alpha value is -2.22. The molecule has 2 aromatic heterocycles. The van der Waals surface area contributed by atoms with Gasteiger partial charge in [-0.15, -0.1) is 0 Å². The lowest BCUT2D eigenvalue weighted by atomic mass is 9.97. The second-order valence-electron chi connectivity index (χ2n) is 6.23. The molecule has 0 radical (unpaired) electrons. The predicted molar refractivity (Wildman–Crippen MR) is 91.1 cm³/mol. The molecule has 0 unspecified atom stereocenters. The molecule has 22 heavy (non-hydrogen) atoms. The molecule has 0 amide bonds. The average Bonchev–Trinajstić information content (AvgIpc) is 2.53. The fourth-order valence-corrected chi connectivity index (χ4v) is 3.60. The molecule has 2 nitrogen and oxygen atoms in total. The molecule has 2 aromatic carbocycles. The van der Waals surface area contributed by atoms with Gasteiger partial charge in [-0.25, -0.2) is 9.13 Å². The summed E-state index contributed by atoms with van der Waals surface area (Å²) in [6.45, 7) is 6.60. The van der Waals surface area contributed by atoms with Gasteiger partial charge < -0.3 is 0 Å². The Labute approximate surface area is 131 Å². The van der Waals surface area contributed by atoms with Crippen molar-refractivity contribution in [2.45, 2.75) is 39.8 Å². The van der Waals surface area contributed by atoms with Gasteiger partial charge in [0.05, 0.1) is 0 Å². The molecule has 0 aliphatic heterocycles. The summed E-state index contributed by atoms with van der Waals surface area (Å²) in [6.07, 6.45) is 11.5. The molecule has 0 atom stereocenters. The molecule has 0 aliphatic rings. The maximum atomic E-state index is 2.32. The summed E-state index contributed by atoms with van der Waals surface area (Å²) in [5, 5.41) is 8.20. The van der Waals surface area contributed by atoms with Gasteiger partial charge in [0.25, 0.3) is 0 Å². The molecular weight excluding hydrogens is 268 g/mol. The minimum Gasteiger partial charge on any atom is -0.204 e. The Balaban J connectivity index is 2.07. The van der Waals surface area contributed by atoms with E-state index in [0.717, 1.165) is 25.9 Å². The lowest BCUT2D eigenvalue weighted by Gasteiger charge is -2.09. The van der Waals surface area contributed by atoms with Crippen molar-refractivity contribution in [2.24, 2.45) is 0 Å². The Kier molecular flexibility index (Phi) is 3.18. The van der Waals surface area contributed by atoms with Gasteiger partial charge in [0, 0.05) is 45.2 Å². The van der Waals surface area contributed by atoms with Crippen LogP contribution in [0.15, 0.2) is 49.1 Å². The van der Waals surface area contributed by atoms with Gasteiger partial charge >= 0.3 is 0 Å². The van der Waals surface area contributed by atoms with E-state index in [1.54, 1.807) is 0 Å². The van der Waals surface area contributed by atoms with Gasteiger partial charge in [0.15, 0.2) is 24.8 Å². The van der Waals surface area contributed by atoms with Crippen LogP contribution in [-0.2, 0) is 13.1 Å². The summed E-state index contributed by atoms with van der Waals surface area (Å²) in [7, 11) is 0. The Bertz CT molecular complexity index is 810. The fraction of sp³-hybridized carbons (Fsp3) is 0.300. The van der Waals surface area contributed by atoms with Crippen molar-refractivity contribution < 1.29 is 9.13 Å². The molecule has 0 saturated heterocycles. The number of rotatable bonds is 4. The number of nitrogens with zero attached hydrogens (tertiary/aromatic N) is 2. The third-order valence-electron chi connectivity index (χ3n) is 4.47. The first-order chi connectivity index (χ1) is 10.8. The van der Waals surface area contributed by atoms with Crippen LogP contribution >= 0.6 is 0 Å². The lowest BCUT2D eigenvalue weighted by molar-refractivity contribution is -0.694. The quantitative estimate of drug-likeness (QED) is 0.397. The highest BCUT2D eigenvalue weighted by Gasteiger charge is 2.15. The highest BCUT2D eigenvalue weighted by atomic mass is 14.9. The van der Waals surface area contributed by atoms with Crippen molar-refractivity contribution in [2.75, 3.05) is 0 Å². The van der Waals surface area contributed by atoms with E-state index in [9.17, 15) is 0 Å². The monoisotopic (exact) mass is 290 g/mol. The van der Waals surface area contributed by atoms with E-state index < -0.39 is 0 Å². The Morgan fingerprint density at radius 1 is 0.591 bits per heavy atom. The van der Waals surface area contributed by atoms with E-state index in [4.69, 9.17) is 0 Å². The van der Waals surface area contributed by atoms with E-state index in [1.807, 2.05) is 0 Å². The standard InChI is InChI=1S/C20H22N2/c1-3-9-21-11-15-5-7-17-13-22(10-4-2)14-18-8-6-16(12-21)19(15)20(17)18/h5-8,11-14H,3-4,9-10H2,1-2H3/q+2. The third kappa shape index (κ3) is 2.02. The Morgan fingerprint density at radius 2 is 0.909 bits per heavy atom. The van der Waals surface area contributed by atoms with Crippen LogP contribution in [0.4, 0.5) is 0 Å². The van der Waals surface area contributed by atoms with Crippen molar-refractivity contribution in [1.29, 1.82) is 0 Å². The van der Waals surface area contributed by atoms with Crippen LogP contribution in [0.2, 0.25) is 0 Å². The summed E-state index contributed by atoms with van der Waals surface area (Å²) in [5.74, 6) is 0. The van der Waals surface area contributed by atoms with Gasteiger partial charge in [-0.2, -0.15) is 0 Å². The normalized spacial score (nSPS) is 11.9. The highest BCUT2D eigenvalue weighted by Crippen LogP contribution is 2.32. The molecule has 0 fully saturated rings. The number of hydrogen-bond donors (Lipinski definition) is 0. The molecule has 2 heteroatoms. The number of benzene rings is 2. The number of aromatic nitrogens is 2. The van der Waals surface area contributed by atoms with E-state index in [2.05, 4.69) is 72.0 Å². The van der Waals surface area contributed by atoms with Crippen LogP contribution < -0.4 is 9.13 Å². The van der Waals surface area contributed by atoms with E-state index in [-0.39, 0.29) is 0 Å². The van der Waals surface area contributed by atoms with Crippen molar-refractivity contribution in [3.63, 3.8) is 0 Å². The van der Waals surface area contributed by atoms with Gasteiger partial charge in [-0.05, 0) is 24.3 Å². The van der Waals surface area contributed by atoms with Crippen molar-refractivity contribution in [3.05, 3.63) is 49.1 Å². The number of hydrogen-bond acceptors (Lipinski definition) is 0. The predicted octanol–water partition coefficient (Wildman–Crippen LogP) is 3.98. The highest BCUT2D eigenvalue weighted by molar-refractivity contribution is 6.21. The smallest absolute Gasteiger partial charge is 0.176 e. The zero-order valence-corrected chi connectivity index (χ0v) is 13.3. The zero-order chi connectivity index (χ0) is 15.1. The van der Waals surface area contributed by atoms with Gasteiger partial charge in [-0.1, -0.05) is 13.8 Å². The van der Waals surface area contributed by atoms with Crippen LogP contribution in [0.5, 0.6) is 0 Å². The molecule has 0 N–H and O–H groups in total. The fourth-order valence-electron chi connectivity index (χ4n) is 3.60. The minimum absolute atomic E-state index is 1.08. The molecule has 4 aromatic rings. The summed E-state index contributed by atoms with van der Waals surface area (Å²) in [5.41, 5.74) is 0. The molecule has 0 saturated carbocycles. The van der Waals surface area contributed by atoms with Crippen LogP contribution in [0, 0.1) is 0 Å². The van der Waals surface area contributed by atoms with Gasteiger partial charge in [0.1, 0.15) is 13.1 Å². The molecule has 0 bridgehead atoms. The third-order valence-corrected chi connectivity index (χ3v) is 4.47. The van der Waals surface area contributed by atoms with Crippen LogP contribution in [0.25, 0.3) is 32.3 Å². The summed E-state index contributed by atoms with van der Waals surface area (Å²) in [4.78, 5) is 0. The molecule has 0 spiro atoms. The molecule has 4 rings (SSSR count). The van der Waals surface area contributed by atoms with E-state index in [0.29, 0.717) is 0 Å². The SMILES string of the molecule is CCC[n+]1cc2ccc3c[n+](CCC)cc4ccc(c1)c2c34. The van der Waals surface area contributed by atoms with Crippen molar-refractivity contribution >= 4 is 32.3 Å². The van der Waals surface area contributed by atoms with Gasteiger partial charge in [-0.3, -0.25) is 0 Å². The summed E-state index contributed by atoms with van der Waals surface area (Å²) < 4.78 is 4.64. The summed E-state index contributed by atoms with van der Waals surface area (Å²) in [6, 6.07) is 9.08. The minimum atomic E-state index is 1.08. The first-order valence-corrected chi connectivity index (χ1v) is 8.31. The molecular formula is C20H22N2+2. The molecule has 2 heterocycles. The second-order valence-corrected chi connectivity index (χ2v) is 6.23. The van der Waals surface area contributed by atoms with Crippen LogP contribution in [-0.4, -0.2) is 0 Å². The first kappa shape index (κ1) is 13.4. The largest absolute Gasteiger partial charge is 0.204 e. The van der Waals surface area contributed by atoms with Crippen molar-refractivity contribution in [1.82, 2.24) is 0 Å². The van der Waals surface area contributed by atoms with Crippen LogP contribution in [0.3, 0.4) is 0 Å². The zero-order valence-electron chi connectivity index (χ0n) is 13.3. The lowest BCUT2D eigenvalue weighted by Crippen LogP contribution is -2.33. The number of pyridine rings is 2. The second kappa shape index (κ2) is 5.20.